The number of carbonyl (C=O) groups is 4. The number of ether oxygens (including phenoxy) is 1. The van der Waals surface area contributed by atoms with Crippen LogP contribution in [0.3, 0.4) is 0 Å². The molecule has 0 saturated carbocycles. The molecule has 9 nitrogen and oxygen atoms in total. The molecule has 35 heavy (non-hydrogen) atoms. The first kappa shape index (κ1) is 22.8. The van der Waals surface area contributed by atoms with Crippen LogP contribution in [-0.2, 0) is 9.53 Å². The van der Waals surface area contributed by atoms with E-state index in [1.165, 1.54) is 4.90 Å². The van der Waals surface area contributed by atoms with E-state index in [4.69, 9.17) is 9.15 Å². The molecule has 1 N–H and O–H groups in total. The highest BCUT2D eigenvalue weighted by molar-refractivity contribution is 6.21. The van der Waals surface area contributed by atoms with Crippen molar-refractivity contribution in [3.63, 3.8) is 0 Å². The van der Waals surface area contributed by atoms with Crippen LogP contribution in [0.15, 0.2) is 46.9 Å². The minimum Gasteiger partial charge on any atom is -0.449 e. The van der Waals surface area contributed by atoms with Crippen LogP contribution in [0.5, 0.6) is 0 Å². The summed E-state index contributed by atoms with van der Waals surface area (Å²) in [5.41, 5.74) is 2.52. The van der Waals surface area contributed by atoms with Gasteiger partial charge >= 0.3 is 0 Å². The maximum absolute atomic E-state index is 13.1. The fourth-order valence-electron chi connectivity index (χ4n) is 4.44. The number of morpholine rings is 1. The lowest BCUT2D eigenvalue weighted by Gasteiger charge is -2.26. The number of anilines is 1. The molecule has 2 aliphatic heterocycles. The van der Waals surface area contributed by atoms with E-state index < -0.39 is 0 Å². The lowest BCUT2D eigenvalue weighted by molar-refractivity contribution is -0.116. The standard InChI is InChI=1S/C26H25N3O6/c1-16-8-9-17-19(15-16)25(32)29(24(17)31)10-4-7-21(30)27-22-18-5-2-3-6-20(18)35-23(22)26(33)28-11-13-34-14-12-28/h2-3,5-6,8-9,15H,4,7,10-14H2,1H3,(H,27,30). The van der Waals surface area contributed by atoms with E-state index in [1.54, 1.807) is 47.4 Å². The van der Waals surface area contributed by atoms with Gasteiger partial charge in [0.25, 0.3) is 17.7 Å². The van der Waals surface area contributed by atoms with Crippen LogP contribution in [0.1, 0.15) is 49.7 Å². The Balaban J connectivity index is 1.27. The molecule has 0 spiro atoms. The Labute approximate surface area is 201 Å². The number of para-hydroxylation sites is 1. The molecule has 4 amide bonds. The lowest BCUT2D eigenvalue weighted by atomic mass is 10.1. The molecule has 2 aliphatic rings. The van der Waals surface area contributed by atoms with Crippen LogP contribution in [0.25, 0.3) is 11.0 Å². The quantitative estimate of drug-likeness (QED) is 0.549. The van der Waals surface area contributed by atoms with Gasteiger partial charge in [-0.3, -0.25) is 24.1 Å². The summed E-state index contributed by atoms with van der Waals surface area (Å²) in [5, 5.41) is 3.46. The summed E-state index contributed by atoms with van der Waals surface area (Å²) < 4.78 is 11.2. The topological polar surface area (TPSA) is 109 Å². The van der Waals surface area contributed by atoms with Crippen LogP contribution in [0, 0.1) is 6.92 Å². The normalized spacial score (nSPS) is 15.6. The summed E-state index contributed by atoms with van der Waals surface area (Å²) in [6.07, 6.45) is 0.357. The molecule has 5 rings (SSSR count). The zero-order valence-electron chi connectivity index (χ0n) is 19.3. The Kier molecular flexibility index (Phi) is 6.08. The number of nitrogens with one attached hydrogen (secondary N) is 1. The minimum absolute atomic E-state index is 0.0666. The Hall–Kier alpha value is -3.98. The highest BCUT2D eigenvalue weighted by Crippen LogP contribution is 2.32. The number of hydrogen-bond acceptors (Lipinski definition) is 6. The summed E-state index contributed by atoms with van der Waals surface area (Å²) in [4.78, 5) is 54.0. The average molecular weight is 476 g/mol. The number of benzene rings is 2. The fourth-order valence-corrected chi connectivity index (χ4v) is 4.44. The predicted molar refractivity (Wildman–Crippen MR) is 127 cm³/mol. The Morgan fingerprint density at radius 2 is 1.74 bits per heavy atom. The molecule has 2 aromatic carbocycles. The first-order valence-corrected chi connectivity index (χ1v) is 11.6. The molecular formula is C26H25N3O6. The summed E-state index contributed by atoms with van der Waals surface area (Å²) in [7, 11) is 0. The summed E-state index contributed by atoms with van der Waals surface area (Å²) >= 11 is 0. The van der Waals surface area contributed by atoms with Gasteiger partial charge < -0.3 is 19.4 Å². The van der Waals surface area contributed by atoms with Gasteiger partial charge in [-0.2, -0.15) is 0 Å². The van der Waals surface area contributed by atoms with E-state index in [0.29, 0.717) is 60.5 Å². The van der Waals surface area contributed by atoms with E-state index in [9.17, 15) is 19.2 Å². The number of aryl methyl sites for hydroxylation is 1. The van der Waals surface area contributed by atoms with Gasteiger partial charge in [-0.25, -0.2) is 0 Å². The maximum Gasteiger partial charge on any atom is 0.291 e. The van der Waals surface area contributed by atoms with Crippen molar-refractivity contribution in [1.82, 2.24) is 9.80 Å². The number of hydrogen-bond donors (Lipinski definition) is 1. The molecule has 1 fully saturated rings. The molecule has 0 radical (unpaired) electrons. The number of fused-ring (bicyclic) bond motifs is 2. The second-order valence-corrected chi connectivity index (χ2v) is 8.67. The maximum atomic E-state index is 13.1. The largest absolute Gasteiger partial charge is 0.449 e. The summed E-state index contributed by atoms with van der Waals surface area (Å²) in [6.45, 7) is 3.79. The molecular weight excluding hydrogens is 450 g/mol. The Morgan fingerprint density at radius 3 is 2.54 bits per heavy atom. The number of furan rings is 1. The number of nitrogens with zero attached hydrogens (tertiary/aromatic N) is 2. The zero-order chi connectivity index (χ0) is 24.5. The molecule has 3 heterocycles. The van der Waals surface area contributed by atoms with Crippen LogP contribution in [0.2, 0.25) is 0 Å². The first-order chi connectivity index (χ1) is 16.9. The molecule has 0 aliphatic carbocycles. The smallest absolute Gasteiger partial charge is 0.291 e. The van der Waals surface area contributed by atoms with E-state index in [-0.39, 0.29) is 42.4 Å². The molecule has 0 unspecified atom stereocenters. The molecule has 1 aromatic heterocycles. The second kappa shape index (κ2) is 9.34. The third-order valence-electron chi connectivity index (χ3n) is 6.26. The van der Waals surface area contributed by atoms with Gasteiger partial charge in [0, 0.05) is 31.4 Å². The van der Waals surface area contributed by atoms with Crippen molar-refractivity contribution in [3.05, 3.63) is 64.9 Å². The van der Waals surface area contributed by atoms with Crippen LogP contribution in [-0.4, -0.2) is 66.3 Å². The van der Waals surface area contributed by atoms with Crippen molar-refractivity contribution in [2.45, 2.75) is 19.8 Å². The molecule has 180 valence electrons. The average Bonchev–Trinajstić information content (AvgIpc) is 3.34. The van der Waals surface area contributed by atoms with E-state index in [1.807, 2.05) is 6.92 Å². The second-order valence-electron chi connectivity index (χ2n) is 8.67. The molecule has 3 aromatic rings. The van der Waals surface area contributed by atoms with Gasteiger partial charge in [-0.1, -0.05) is 23.8 Å². The van der Waals surface area contributed by atoms with Crippen molar-refractivity contribution in [1.29, 1.82) is 0 Å². The molecule has 1 saturated heterocycles. The van der Waals surface area contributed by atoms with Gasteiger partial charge in [0.05, 0.1) is 24.3 Å². The van der Waals surface area contributed by atoms with E-state index in [0.717, 1.165) is 5.56 Å². The summed E-state index contributed by atoms with van der Waals surface area (Å²) in [5.74, 6) is -1.24. The highest BCUT2D eigenvalue weighted by Gasteiger charge is 2.35. The number of carbonyl (C=O) groups excluding carboxylic acids is 4. The van der Waals surface area contributed by atoms with Crippen molar-refractivity contribution < 1.29 is 28.3 Å². The third-order valence-corrected chi connectivity index (χ3v) is 6.26. The van der Waals surface area contributed by atoms with E-state index >= 15 is 0 Å². The van der Waals surface area contributed by atoms with Crippen molar-refractivity contribution >= 4 is 40.3 Å². The van der Waals surface area contributed by atoms with Crippen molar-refractivity contribution in [3.8, 4) is 0 Å². The first-order valence-electron chi connectivity index (χ1n) is 11.6. The fraction of sp³-hybridized carbons (Fsp3) is 0.308. The van der Waals surface area contributed by atoms with Gasteiger partial charge in [0.2, 0.25) is 11.7 Å². The van der Waals surface area contributed by atoms with Crippen molar-refractivity contribution in [2.24, 2.45) is 0 Å². The highest BCUT2D eigenvalue weighted by atomic mass is 16.5. The van der Waals surface area contributed by atoms with Crippen LogP contribution in [0.4, 0.5) is 5.69 Å². The van der Waals surface area contributed by atoms with Gasteiger partial charge in [0.15, 0.2) is 0 Å². The van der Waals surface area contributed by atoms with E-state index in [2.05, 4.69) is 5.32 Å². The number of rotatable bonds is 6. The Bertz CT molecular complexity index is 1340. The summed E-state index contributed by atoms with van der Waals surface area (Å²) in [6, 6.07) is 12.3. The zero-order valence-corrected chi connectivity index (χ0v) is 19.3. The predicted octanol–water partition coefficient (Wildman–Crippen LogP) is 3.23. The molecule has 0 atom stereocenters. The van der Waals surface area contributed by atoms with Crippen LogP contribution >= 0.6 is 0 Å². The van der Waals surface area contributed by atoms with Gasteiger partial charge in [-0.15, -0.1) is 0 Å². The lowest BCUT2D eigenvalue weighted by Crippen LogP contribution is -2.40. The third kappa shape index (κ3) is 4.30. The Morgan fingerprint density at radius 1 is 1.00 bits per heavy atom. The number of amides is 4. The molecule has 9 heteroatoms. The molecule has 0 bridgehead atoms. The number of imide groups is 1. The van der Waals surface area contributed by atoms with Gasteiger partial charge in [0.1, 0.15) is 11.3 Å². The van der Waals surface area contributed by atoms with Crippen molar-refractivity contribution in [2.75, 3.05) is 38.2 Å². The SMILES string of the molecule is Cc1ccc2c(c1)C(=O)N(CCCC(=O)Nc1c(C(=O)N3CCOCC3)oc3ccccc13)C2=O. The monoisotopic (exact) mass is 475 g/mol. The van der Waals surface area contributed by atoms with Gasteiger partial charge in [-0.05, 0) is 37.6 Å². The minimum atomic E-state index is -0.343. The van der Waals surface area contributed by atoms with Crippen LogP contribution < -0.4 is 5.32 Å².